The van der Waals surface area contributed by atoms with Crippen LogP contribution in [-0.4, -0.2) is 47.3 Å². The lowest BCUT2D eigenvalue weighted by Crippen LogP contribution is -2.32. The van der Waals surface area contributed by atoms with Crippen LogP contribution in [0, 0.1) is 12.8 Å². The summed E-state index contributed by atoms with van der Waals surface area (Å²) < 4.78 is 5.56. The molecule has 170 valence electrons. The standard InChI is InChI=1S/C26H29N5O2/c1-17(26(32)33-15-19-7-5-11-28-14-19)12-21-13-20(9-10-22(21)27-3)24-25(30-16-29-24)23-8-4-6-18(2)31-23/h4,6,8-10,12-13,16,19,28H,3,5,7,11,14-15H2,1-2H3,(H,29,30)/b17-12+/t19-/m1/s1. The molecule has 1 saturated heterocycles. The molecule has 0 saturated carbocycles. The molecule has 0 spiro atoms. The molecule has 7 heteroatoms. The highest BCUT2D eigenvalue weighted by Gasteiger charge is 2.17. The van der Waals surface area contributed by atoms with Crippen molar-refractivity contribution >= 4 is 24.5 Å². The molecule has 4 rings (SSSR count). The average molecular weight is 444 g/mol. The van der Waals surface area contributed by atoms with Crippen molar-refractivity contribution in [2.75, 3.05) is 19.7 Å². The Morgan fingerprint density at radius 1 is 1.33 bits per heavy atom. The summed E-state index contributed by atoms with van der Waals surface area (Å²) in [5.74, 6) is 0.0583. The number of carbonyl (C=O) groups excluding carboxylic acids is 1. The van der Waals surface area contributed by atoms with Gasteiger partial charge in [-0.2, -0.15) is 0 Å². The van der Waals surface area contributed by atoms with Gasteiger partial charge in [0, 0.05) is 34.9 Å². The molecule has 0 radical (unpaired) electrons. The molecule has 1 aliphatic heterocycles. The topological polar surface area (TPSA) is 92.3 Å². The van der Waals surface area contributed by atoms with Gasteiger partial charge in [0.1, 0.15) is 0 Å². The van der Waals surface area contributed by atoms with Crippen molar-refractivity contribution in [2.24, 2.45) is 10.9 Å². The lowest BCUT2D eigenvalue weighted by molar-refractivity contribution is -0.140. The molecule has 3 heterocycles. The molecular weight excluding hydrogens is 414 g/mol. The number of hydrogen-bond donors (Lipinski definition) is 2. The smallest absolute Gasteiger partial charge is 0.333 e. The highest BCUT2D eigenvalue weighted by atomic mass is 16.5. The van der Waals surface area contributed by atoms with E-state index >= 15 is 0 Å². The summed E-state index contributed by atoms with van der Waals surface area (Å²) >= 11 is 0. The number of H-pyrrole nitrogens is 1. The third-order valence-electron chi connectivity index (χ3n) is 5.80. The molecule has 0 unspecified atom stereocenters. The summed E-state index contributed by atoms with van der Waals surface area (Å²) in [6, 6.07) is 11.7. The molecule has 1 atom stereocenters. The number of aromatic amines is 1. The number of nitrogens with one attached hydrogen (secondary N) is 2. The summed E-state index contributed by atoms with van der Waals surface area (Å²) in [6.07, 6.45) is 5.65. The van der Waals surface area contributed by atoms with Crippen LogP contribution in [0.1, 0.15) is 31.0 Å². The maximum absolute atomic E-state index is 12.6. The van der Waals surface area contributed by atoms with E-state index in [2.05, 4.69) is 32.0 Å². The fraction of sp³-hybridized carbons (Fsp3) is 0.308. The second-order valence-electron chi connectivity index (χ2n) is 8.36. The highest BCUT2D eigenvalue weighted by molar-refractivity contribution is 5.94. The van der Waals surface area contributed by atoms with Crippen molar-refractivity contribution in [1.82, 2.24) is 20.3 Å². The van der Waals surface area contributed by atoms with Crippen molar-refractivity contribution in [3.63, 3.8) is 0 Å². The van der Waals surface area contributed by atoms with Gasteiger partial charge in [-0.05, 0) is 70.3 Å². The van der Waals surface area contributed by atoms with Crippen LogP contribution in [0.25, 0.3) is 28.7 Å². The van der Waals surface area contributed by atoms with Crippen molar-refractivity contribution < 1.29 is 9.53 Å². The number of imidazole rings is 1. The number of aryl methyl sites for hydroxylation is 1. The molecule has 0 amide bonds. The van der Waals surface area contributed by atoms with Gasteiger partial charge in [0.25, 0.3) is 0 Å². The number of ether oxygens (including phenoxy) is 1. The van der Waals surface area contributed by atoms with Crippen LogP contribution >= 0.6 is 0 Å². The number of carbonyl (C=O) groups is 1. The molecule has 1 fully saturated rings. The highest BCUT2D eigenvalue weighted by Crippen LogP contribution is 2.32. The van der Waals surface area contributed by atoms with Gasteiger partial charge >= 0.3 is 5.97 Å². The van der Waals surface area contributed by atoms with E-state index < -0.39 is 0 Å². The Bertz CT molecular complexity index is 1170. The van der Waals surface area contributed by atoms with Crippen LogP contribution in [0.2, 0.25) is 0 Å². The largest absolute Gasteiger partial charge is 0.462 e. The molecule has 2 aromatic heterocycles. The van der Waals surface area contributed by atoms with Crippen LogP contribution in [0.4, 0.5) is 5.69 Å². The van der Waals surface area contributed by atoms with Gasteiger partial charge in [-0.1, -0.05) is 12.1 Å². The summed E-state index contributed by atoms with van der Waals surface area (Å²) in [5, 5.41) is 3.34. The molecule has 33 heavy (non-hydrogen) atoms. The number of nitrogens with zero attached hydrogens (tertiary/aromatic N) is 3. The SMILES string of the molecule is C=Nc1ccc(-c2nc[nH]c2-c2cccc(C)n2)cc1/C=C(\C)C(=O)OC[C@@H]1CCCNC1. The minimum absolute atomic E-state index is 0.314. The second kappa shape index (κ2) is 10.4. The molecule has 7 nitrogen and oxygen atoms in total. The van der Waals surface area contributed by atoms with Gasteiger partial charge in [0.15, 0.2) is 0 Å². The van der Waals surface area contributed by atoms with E-state index in [1.54, 1.807) is 19.3 Å². The number of esters is 1. The van der Waals surface area contributed by atoms with Gasteiger partial charge in [-0.25, -0.2) is 9.78 Å². The molecule has 2 N–H and O–H groups in total. The van der Waals surface area contributed by atoms with Gasteiger partial charge < -0.3 is 15.0 Å². The van der Waals surface area contributed by atoms with E-state index in [1.165, 1.54) is 0 Å². The minimum atomic E-state index is -0.314. The number of piperidine rings is 1. The van der Waals surface area contributed by atoms with Crippen LogP contribution in [0.3, 0.4) is 0 Å². The van der Waals surface area contributed by atoms with E-state index in [1.807, 2.05) is 43.3 Å². The summed E-state index contributed by atoms with van der Waals surface area (Å²) in [6.45, 7) is 9.76. The second-order valence-corrected chi connectivity index (χ2v) is 8.36. The van der Waals surface area contributed by atoms with Crippen molar-refractivity contribution in [3.05, 3.63) is 59.6 Å². The van der Waals surface area contributed by atoms with Gasteiger partial charge in [-0.15, -0.1) is 0 Å². The predicted octanol–water partition coefficient (Wildman–Crippen LogP) is 4.73. The third kappa shape index (κ3) is 5.43. The molecule has 0 bridgehead atoms. The quantitative estimate of drug-likeness (QED) is 0.313. The first-order chi connectivity index (χ1) is 16.0. The normalized spacial score (nSPS) is 16.4. The molecule has 1 aromatic carbocycles. The summed E-state index contributed by atoms with van der Waals surface area (Å²) in [4.78, 5) is 29.0. The number of rotatable bonds is 7. The lowest BCUT2D eigenvalue weighted by Gasteiger charge is -2.22. The Morgan fingerprint density at radius 3 is 2.97 bits per heavy atom. The van der Waals surface area contributed by atoms with Crippen LogP contribution < -0.4 is 5.32 Å². The number of benzene rings is 1. The zero-order chi connectivity index (χ0) is 23.2. The van der Waals surface area contributed by atoms with E-state index in [4.69, 9.17) is 4.74 Å². The van der Waals surface area contributed by atoms with Crippen molar-refractivity contribution in [2.45, 2.75) is 26.7 Å². The third-order valence-corrected chi connectivity index (χ3v) is 5.80. The maximum atomic E-state index is 12.6. The van der Waals surface area contributed by atoms with Crippen LogP contribution in [-0.2, 0) is 9.53 Å². The fourth-order valence-corrected chi connectivity index (χ4v) is 4.02. The van der Waals surface area contributed by atoms with Gasteiger partial charge in [0.2, 0.25) is 0 Å². The Kier molecular flexibility index (Phi) is 7.10. The fourth-order valence-electron chi connectivity index (χ4n) is 4.02. The Morgan fingerprint density at radius 2 is 2.21 bits per heavy atom. The number of aromatic nitrogens is 3. The number of aliphatic imine (C=N–C) groups is 1. The first-order valence-electron chi connectivity index (χ1n) is 11.2. The van der Waals surface area contributed by atoms with Crippen LogP contribution in [0.5, 0.6) is 0 Å². The average Bonchev–Trinajstić information content (AvgIpc) is 3.33. The summed E-state index contributed by atoms with van der Waals surface area (Å²) in [7, 11) is 0. The first-order valence-corrected chi connectivity index (χ1v) is 11.2. The lowest BCUT2D eigenvalue weighted by atomic mass is 10.0. The Labute approximate surface area is 194 Å². The predicted molar refractivity (Wildman–Crippen MR) is 131 cm³/mol. The van der Waals surface area contributed by atoms with Crippen LogP contribution in [0.15, 0.2) is 53.3 Å². The molecule has 0 aliphatic carbocycles. The van der Waals surface area contributed by atoms with E-state index in [9.17, 15) is 4.79 Å². The van der Waals surface area contributed by atoms with Gasteiger partial charge in [-0.3, -0.25) is 9.98 Å². The zero-order valence-electron chi connectivity index (χ0n) is 19.1. The van der Waals surface area contributed by atoms with Crippen molar-refractivity contribution in [3.8, 4) is 22.6 Å². The number of hydrogen-bond acceptors (Lipinski definition) is 6. The van der Waals surface area contributed by atoms with E-state index in [0.717, 1.165) is 59.8 Å². The van der Waals surface area contributed by atoms with E-state index in [0.29, 0.717) is 23.8 Å². The van der Waals surface area contributed by atoms with E-state index in [-0.39, 0.29) is 5.97 Å². The van der Waals surface area contributed by atoms with Crippen molar-refractivity contribution in [1.29, 1.82) is 0 Å². The molecule has 1 aliphatic rings. The Balaban J connectivity index is 1.58. The maximum Gasteiger partial charge on any atom is 0.333 e. The minimum Gasteiger partial charge on any atom is -0.462 e. The summed E-state index contributed by atoms with van der Waals surface area (Å²) in [5.41, 5.74) is 6.25. The first kappa shape index (κ1) is 22.6. The zero-order valence-corrected chi connectivity index (χ0v) is 19.1. The molecule has 3 aromatic rings. The Hall–Kier alpha value is -3.58. The number of pyridine rings is 1. The molecular formula is C26H29N5O2. The monoisotopic (exact) mass is 443 g/mol. The van der Waals surface area contributed by atoms with Gasteiger partial charge in [0.05, 0.1) is 35.7 Å².